The van der Waals surface area contributed by atoms with E-state index in [4.69, 9.17) is 4.74 Å². The Bertz CT molecular complexity index is 1280. The van der Waals surface area contributed by atoms with Gasteiger partial charge in [0, 0.05) is 11.8 Å². The Labute approximate surface area is 177 Å². The van der Waals surface area contributed by atoms with Crippen LogP contribution in [0.3, 0.4) is 0 Å². The summed E-state index contributed by atoms with van der Waals surface area (Å²) in [5.41, 5.74) is 5.06. The van der Waals surface area contributed by atoms with E-state index in [2.05, 4.69) is 25.6 Å². The largest absolute Gasteiger partial charge is 0.438 e. The summed E-state index contributed by atoms with van der Waals surface area (Å²) in [6.45, 7) is 3.54. The van der Waals surface area contributed by atoms with Crippen LogP contribution >= 0.6 is 0 Å². The number of aryl methyl sites for hydroxylation is 2. The number of aromatic nitrogens is 4. The van der Waals surface area contributed by atoms with E-state index in [0.717, 1.165) is 5.69 Å². The van der Waals surface area contributed by atoms with Crippen molar-refractivity contribution in [3.63, 3.8) is 0 Å². The number of hydrazone groups is 1. The monoisotopic (exact) mass is 418 g/mol. The fraction of sp³-hybridized carbons (Fsp3) is 0.0909. The number of anilines is 1. The highest BCUT2D eigenvalue weighted by Gasteiger charge is 2.18. The molecule has 2 aromatic carbocycles. The highest BCUT2D eigenvalue weighted by Crippen LogP contribution is 2.29. The molecule has 2 N–H and O–H groups in total. The van der Waals surface area contributed by atoms with Crippen LogP contribution in [-0.2, 0) is 0 Å². The molecule has 31 heavy (non-hydrogen) atoms. The van der Waals surface area contributed by atoms with E-state index in [1.807, 2.05) is 37.3 Å². The first-order valence-electron chi connectivity index (χ1n) is 9.45. The summed E-state index contributed by atoms with van der Waals surface area (Å²) in [6.07, 6.45) is 1.53. The van der Waals surface area contributed by atoms with Crippen molar-refractivity contribution in [1.29, 1.82) is 0 Å². The molecule has 0 saturated heterocycles. The number of para-hydroxylation sites is 1. The molecule has 0 bridgehead atoms. The van der Waals surface area contributed by atoms with Crippen LogP contribution in [0.5, 0.6) is 11.6 Å². The third-order valence-electron chi connectivity index (χ3n) is 4.33. The lowest BCUT2D eigenvalue weighted by Gasteiger charge is -2.10. The number of halogens is 1. The fourth-order valence-corrected chi connectivity index (χ4v) is 2.91. The van der Waals surface area contributed by atoms with Crippen LogP contribution in [-0.4, -0.2) is 26.0 Å². The molecule has 4 aromatic rings. The minimum atomic E-state index is -0.356. The Kier molecular flexibility index (Phi) is 5.57. The van der Waals surface area contributed by atoms with Gasteiger partial charge in [-0.3, -0.25) is 9.78 Å². The van der Waals surface area contributed by atoms with E-state index in [-0.39, 0.29) is 17.3 Å². The summed E-state index contributed by atoms with van der Waals surface area (Å²) in [5, 5.41) is 8.75. The number of nitrogens with zero attached hydrogens (tertiary/aromatic N) is 4. The third kappa shape index (κ3) is 4.67. The van der Waals surface area contributed by atoms with Crippen LogP contribution in [0.1, 0.15) is 17.0 Å². The number of ether oxygens (including phenoxy) is 1. The Morgan fingerprint density at radius 1 is 1.13 bits per heavy atom. The molecule has 0 radical (unpaired) electrons. The van der Waals surface area contributed by atoms with Crippen molar-refractivity contribution in [2.75, 3.05) is 5.43 Å². The van der Waals surface area contributed by atoms with Gasteiger partial charge in [0.15, 0.2) is 0 Å². The molecule has 0 spiro atoms. The molecule has 0 saturated carbocycles. The number of aromatic amines is 1. The van der Waals surface area contributed by atoms with Gasteiger partial charge < -0.3 is 4.74 Å². The molecular formula is C22H19FN6O2. The van der Waals surface area contributed by atoms with Gasteiger partial charge in [0.1, 0.15) is 11.6 Å². The van der Waals surface area contributed by atoms with Gasteiger partial charge >= 0.3 is 0 Å². The summed E-state index contributed by atoms with van der Waals surface area (Å²) >= 11 is 0. The Hall–Kier alpha value is -4.27. The summed E-state index contributed by atoms with van der Waals surface area (Å²) < 4.78 is 21.0. The molecule has 0 aliphatic carbocycles. The van der Waals surface area contributed by atoms with Gasteiger partial charge in [0.25, 0.3) is 5.56 Å². The third-order valence-corrected chi connectivity index (χ3v) is 4.33. The summed E-state index contributed by atoms with van der Waals surface area (Å²) in [6, 6.07) is 16.6. The average Bonchev–Trinajstić information content (AvgIpc) is 3.05. The highest BCUT2D eigenvalue weighted by atomic mass is 19.1. The van der Waals surface area contributed by atoms with Gasteiger partial charge in [-0.05, 0) is 50.2 Å². The number of H-pyrrole nitrogens is 1. The van der Waals surface area contributed by atoms with Gasteiger partial charge in [-0.1, -0.05) is 18.2 Å². The van der Waals surface area contributed by atoms with Crippen molar-refractivity contribution in [1.82, 2.24) is 19.7 Å². The second-order valence-electron chi connectivity index (χ2n) is 6.71. The maximum atomic E-state index is 13.3. The molecular weight excluding hydrogens is 399 g/mol. The van der Waals surface area contributed by atoms with E-state index >= 15 is 0 Å². The van der Waals surface area contributed by atoms with E-state index < -0.39 is 0 Å². The second kappa shape index (κ2) is 8.62. The van der Waals surface area contributed by atoms with Crippen LogP contribution in [0.2, 0.25) is 0 Å². The van der Waals surface area contributed by atoms with Crippen molar-refractivity contribution in [3.8, 4) is 17.3 Å². The van der Waals surface area contributed by atoms with Crippen molar-refractivity contribution < 1.29 is 9.13 Å². The Balaban J connectivity index is 1.71. The molecule has 0 amide bonds. The molecule has 156 valence electrons. The zero-order valence-corrected chi connectivity index (χ0v) is 16.8. The van der Waals surface area contributed by atoms with Crippen molar-refractivity contribution >= 4 is 12.2 Å². The molecule has 2 heterocycles. The fourth-order valence-electron chi connectivity index (χ4n) is 2.91. The zero-order valence-electron chi connectivity index (χ0n) is 16.8. The molecule has 2 aromatic heterocycles. The predicted molar refractivity (Wildman–Crippen MR) is 116 cm³/mol. The molecule has 0 aliphatic rings. The molecule has 4 rings (SSSR count). The summed E-state index contributed by atoms with van der Waals surface area (Å²) in [7, 11) is 0. The second-order valence-corrected chi connectivity index (χ2v) is 6.71. The number of benzene rings is 2. The molecule has 0 aliphatic heterocycles. The van der Waals surface area contributed by atoms with Crippen molar-refractivity contribution in [2.24, 2.45) is 5.10 Å². The van der Waals surface area contributed by atoms with Gasteiger partial charge in [0.2, 0.25) is 11.8 Å². The van der Waals surface area contributed by atoms with Crippen LogP contribution < -0.4 is 15.7 Å². The maximum absolute atomic E-state index is 13.3. The summed E-state index contributed by atoms with van der Waals surface area (Å²) in [5.74, 6) is 0.721. The standard InChI is InChI=1S/C22H19FN6O2/c1-14-12-20(30)26-22(25-14)27-24-13-19-15(2)28-29(17-6-4-3-5-7-17)21(19)31-18-10-8-16(23)9-11-18/h3-13H,1-2H3,(H2,25,26,27,30)/b24-13-. The maximum Gasteiger partial charge on any atom is 0.252 e. The van der Waals surface area contributed by atoms with E-state index in [0.29, 0.717) is 28.6 Å². The molecule has 9 heteroatoms. The smallest absolute Gasteiger partial charge is 0.252 e. The van der Waals surface area contributed by atoms with Gasteiger partial charge in [-0.15, -0.1) is 0 Å². The topological polar surface area (TPSA) is 97.2 Å². The lowest BCUT2D eigenvalue weighted by molar-refractivity contribution is 0.442. The van der Waals surface area contributed by atoms with Gasteiger partial charge in [-0.25, -0.2) is 14.8 Å². The molecule has 8 nitrogen and oxygen atoms in total. The molecule has 0 fully saturated rings. The van der Waals surface area contributed by atoms with Crippen molar-refractivity contribution in [3.05, 3.63) is 93.8 Å². The lowest BCUT2D eigenvalue weighted by atomic mass is 10.2. The molecule has 0 atom stereocenters. The Morgan fingerprint density at radius 2 is 1.87 bits per heavy atom. The SMILES string of the molecule is Cc1cc(=O)[nH]c(N/N=C\c2c(C)nn(-c3ccccc3)c2Oc2ccc(F)cc2)n1. The van der Waals surface area contributed by atoms with Gasteiger partial charge in [-0.2, -0.15) is 14.9 Å². The lowest BCUT2D eigenvalue weighted by Crippen LogP contribution is -2.10. The first kappa shape index (κ1) is 20.0. The van der Waals surface area contributed by atoms with Gasteiger partial charge in [0.05, 0.1) is 23.2 Å². The van der Waals surface area contributed by atoms with Crippen LogP contribution in [0.25, 0.3) is 5.69 Å². The normalized spacial score (nSPS) is 11.1. The van der Waals surface area contributed by atoms with Crippen molar-refractivity contribution in [2.45, 2.75) is 13.8 Å². The molecule has 0 unspecified atom stereocenters. The highest BCUT2D eigenvalue weighted by molar-refractivity contribution is 5.85. The summed E-state index contributed by atoms with van der Waals surface area (Å²) in [4.78, 5) is 18.3. The van der Waals surface area contributed by atoms with Crippen LogP contribution in [0, 0.1) is 19.7 Å². The predicted octanol–water partition coefficient (Wildman–Crippen LogP) is 3.95. The minimum absolute atomic E-state index is 0.218. The first-order chi connectivity index (χ1) is 15.0. The minimum Gasteiger partial charge on any atom is -0.438 e. The number of nitrogens with one attached hydrogen (secondary N) is 2. The number of hydrogen-bond acceptors (Lipinski definition) is 6. The average molecular weight is 418 g/mol. The zero-order chi connectivity index (χ0) is 21.8. The van der Waals surface area contributed by atoms with Crippen LogP contribution in [0.4, 0.5) is 10.3 Å². The number of rotatable bonds is 6. The van der Waals surface area contributed by atoms with E-state index in [1.165, 1.54) is 36.5 Å². The Morgan fingerprint density at radius 3 is 2.58 bits per heavy atom. The van der Waals surface area contributed by atoms with E-state index in [9.17, 15) is 9.18 Å². The quantitative estimate of drug-likeness (QED) is 0.365. The first-order valence-corrected chi connectivity index (χ1v) is 9.45. The number of hydrogen-bond donors (Lipinski definition) is 2. The van der Waals surface area contributed by atoms with Crippen LogP contribution in [0.15, 0.2) is 70.6 Å². The van der Waals surface area contributed by atoms with E-state index in [1.54, 1.807) is 11.6 Å².